The van der Waals surface area contributed by atoms with Crippen LogP contribution >= 0.6 is 0 Å². The number of carbonyl (C=O) groups is 1. The highest BCUT2D eigenvalue weighted by atomic mass is 16.5. The number of aromatic hydroxyl groups is 2. The minimum Gasteiger partial charge on any atom is -0.506 e. The summed E-state index contributed by atoms with van der Waals surface area (Å²) in [6.45, 7) is 1.92. The van der Waals surface area contributed by atoms with E-state index in [-0.39, 0.29) is 41.2 Å². The third-order valence-electron chi connectivity index (χ3n) is 3.33. The molecule has 0 amide bonds. The number of hydrogen-bond acceptors (Lipinski definition) is 8. The fourth-order valence-electron chi connectivity index (χ4n) is 2.13. The van der Waals surface area contributed by atoms with Crippen molar-refractivity contribution in [3.8, 4) is 34.8 Å². The van der Waals surface area contributed by atoms with Crippen molar-refractivity contribution in [3.05, 3.63) is 60.4 Å². The minimum atomic E-state index is -0.555. The molecule has 0 saturated heterocycles. The van der Waals surface area contributed by atoms with E-state index < -0.39 is 5.97 Å². The van der Waals surface area contributed by atoms with Gasteiger partial charge in [0.25, 0.3) is 0 Å². The summed E-state index contributed by atoms with van der Waals surface area (Å²) in [5, 5.41) is 18.6. The maximum Gasteiger partial charge on any atom is 0.341 e. The van der Waals surface area contributed by atoms with Gasteiger partial charge in [-0.25, -0.2) is 14.8 Å². The van der Waals surface area contributed by atoms with Crippen molar-refractivity contribution in [1.82, 2.24) is 9.97 Å². The summed E-state index contributed by atoms with van der Waals surface area (Å²) in [7, 11) is 0. The molecule has 0 radical (unpaired) electrons. The Hall–Kier alpha value is -3.81. The molecule has 0 bridgehead atoms. The summed E-state index contributed by atoms with van der Waals surface area (Å²) >= 11 is 0. The number of nitrogens with zero attached hydrogens (tertiary/aromatic N) is 2. The molecule has 138 valence electrons. The first-order valence-corrected chi connectivity index (χ1v) is 8.02. The maximum absolute atomic E-state index is 12.2. The summed E-state index contributed by atoms with van der Waals surface area (Å²) in [5.41, 5.74) is 0.192. The van der Waals surface area contributed by atoms with Crippen molar-refractivity contribution >= 4 is 5.97 Å². The highest BCUT2D eigenvalue weighted by Crippen LogP contribution is 2.31. The fourth-order valence-corrected chi connectivity index (χ4v) is 2.13. The van der Waals surface area contributed by atoms with Crippen LogP contribution in [0.5, 0.6) is 34.8 Å². The smallest absolute Gasteiger partial charge is 0.341 e. The van der Waals surface area contributed by atoms with Crippen LogP contribution in [0, 0.1) is 0 Å². The molecule has 27 heavy (non-hydrogen) atoms. The summed E-state index contributed by atoms with van der Waals surface area (Å²) in [6, 6.07) is 10.4. The van der Waals surface area contributed by atoms with E-state index in [1.807, 2.05) is 0 Å². The van der Waals surface area contributed by atoms with Gasteiger partial charge in [0, 0.05) is 18.2 Å². The fraction of sp³-hybridized carbons (Fsp3) is 0.105. The Bertz CT molecular complexity index is 926. The van der Waals surface area contributed by atoms with Crippen LogP contribution in [0.2, 0.25) is 0 Å². The Morgan fingerprint density at radius 2 is 1.56 bits per heavy atom. The molecule has 0 atom stereocenters. The van der Waals surface area contributed by atoms with Crippen LogP contribution in [-0.4, -0.2) is 32.8 Å². The van der Waals surface area contributed by atoms with E-state index in [9.17, 15) is 15.0 Å². The van der Waals surface area contributed by atoms with Gasteiger partial charge in [0.1, 0.15) is 28.6 Å². The molecular formula is C19H16N2O6. The summed E-state index contributed by atoms with van der Waals surface area (Å²) in [4.78, 5) is 20.1. The standard InChI is InChI=1S/C19H16N2O6/c1-2-25-19(24)15-6-5-14(26-17-7-3-12(22)10-20-17)9-16(15)27-18-8-4-13(23)11-21-18/h3-11,22-23H,2H2,1H3. The molecule has 0 saturated carbocycles. The normalized spacial score (nSPS) is 10.3. The third-order valence-corrected chi connectivity index (χ3v) is 3.33. The van der Waals surface area contributed by atoms with Gasteiger partial charge in [-0.2, -0.15) is 0 Å². The first-order chi connectivity index (χ1) is 13.0. The zero-order chi connectivity index (χ0) is 19.2. The van der Waals surface area contributed by atoms with Gasteiger partial charge in [-0.05, 0) is 31.2 Å². The van der Waals surface area contributed by atoms with Crippen LogP contribution in [0.25, 0.3) is 0 Å². The monoisotopic (exact) mass is 368 g/mol. The van der Waals surface area contributed by atoms with Gasteiger partial charge in [-0.3, -0.25) is 0 Å². The molecule has 0 unspecified atom stereocenters. The minimum absolute atomic E-state index is 0.0107. The molecule has 0 fully saturated rings. The Morgan fingerprint density at radius 3 is 2.11 bits per heavy atom. The van der Waals surface area contributed by atoms with Gasteiger partial charge in [-0.15, -0.1) is 0 Å². The molecule has 8 nitrogen and oxygen atoms in total. The van der Waals surface area contributed by atoms with Crippen LogP contribution in [0.4, 0.5) is 0 Å². The van der Waals surface area contributed by atoms with E-state index >= 15 is 0 Å². The second-order valence-corrected chi connectivity index (χ2v) is 5.29. The number of carbonyl (C=O) groups excluding carboxylic acids is 1. The van der Waals surface area contributed by atoms with Crippen molar-refractivity contribution in [1.29, 1.82) is 0 Å². The number of aromatic nitrogens is 2. The second kappa shape index (κ2) is 8.05. The lowest BCUT2D eigenvalue weighted by atomic mass is 10.2. The Morgan fingerprint density at radius 1 is 0.926 bits per heavy atom. The van der Waals surface area contributed by atoms with Gasteiger partial charge < -0.3 is 24.4 Å². The topological polar surface area (TPSA) is 111 Å². The molecule has 0 spiro atoms. The van der Waals surface area contributed by atoms with Crippen molar-refractivity contribution in [2.45, 2.75) is 6.92 Å². The predicted octanol–water partition coefficient (Wildman–Crippen LogP) is 3.65. The molecule has 3 aromatic rings. The molecule has 2 aromatic heterocycles. The van der Waals surface area contributed by atoms with Crippen molar-refractivity contribution < 1.29 is 29.2 Å². The highest BCUT2D eigenvalue weighted by molar-refractivity contribution is 5.92. The lowest BCUT2D eigenvalue weighted by Crippen LogP contribution is -2.07. The second-order valence-electron chi connectivity index (χ2n) is 5.29. The molecule has 2 heterocycles. The SMILES string of the molecule is CCOC(=O)c1ccc(Oc2ccc(O)cn2)cc1Oc1ccc(O)cn1. The largest absolute Gasteiger partial charge is 0.506 e. The Kier molecular flexibility index (Phi) is 5.36. The van der Waals surface area contributed by atoms with Crippen LogP contribution in [0.3, 0.4) is 0 Å². The van der Waals surface area contributed by atoms with Crippen LogP contribution in [0.15, 0.2) is 54.9 Å². The molecule has 0 aliphatic heterocycles. The molecule has 8 heteroatoms. The van der Waals surface area contributed by atoms with Crippen LogP contribution in [-0.2, 0) is 4.74 Å². The number of pyridine rings is 2. The number of ether oxygens (including phenoxy) is 3. The van der Waals surface area contributed by atoms with Crippen LogP contribution < -0.4 is 9.47 Å². The van der Waals surface area contributed by atoms with E-state index in [2.05, 4.69) is 9.97 Å². The van der Waals surface area contributed by atoms with Gasteiger partial charge in [0.15, 0.2) is 0 Å². The molecule has 0 aliphatic rings. The third kappa shape index (κ3) is 4.63. The number of esters is 1. The first kappa shape index (κ1) is 18.0. The first-order valence-electron chi connectivity index (χ1n) is 8.02. The Balaban J connectivity index is 1.91. The quantitative estimate of drug-likeness (QED) is 0.634. The van der Waals surface area contributed by atoms with E-state index in [1.165, 1.54) is 48.8 Å². The molecule has 3 rings (SSSR count). The van der Waals surface area contributed by atoms with Crippen LogP contribution in [0.1, 0.15) is 17.3 Å². The zero-order valence-corrected chi connectivity index (χ0v) is 14.3. The lowest BCUT2D eigenvalue weighted by molar-refractivity contribution is 0.0523. The predicted molar refractivity (Wildman–Crippen MR) is 94.4 cm³/mol. The Labute approximate surface area is 154 Å². The summed E-state index contributed by atoms with van der Waals surface area (Å²) in [6.07, 6.45) is 2.47. The van der Waals surface area contributed by atoms with Gasteiger partial charge in [-0.1, -0.05) is 0 Å². The zero-order valence-electron chi connectivity index (χ0n) is 14.3. The van der Waals surface area contributed by atoms with E-state index in [0.29, 0.717) is 5.75 Å². The summed E-state index contributed by atoms with van der Waals surface area (Å²) in [5.74, 6) is 0.410. The number of hydrogen-bond donors (Lipinski definition) is 2. The average molecular weight is 368 g/mol. The van der Waals surface area contributed by atoms with Crippen molar-refractivity contribution in [3.63, 3.8) is 0 Å². The molecule has 1 aromatic carbocycles. The van der Waals surface area contributed by atoms with E-state index in [0.717, 1.165) is 0 Å². The maximum atomic E-state index is 12.2. The highest BCUT2D eigenvalue weighted by Gasteiger charge is 2.17. The van der Waals surface area contributed by atoms with Crippen molar-refractivity contribution in [2.24, 2.45) is 0 Å². The number of benzene rings is 1. The number of rotatable bonds is 6. The average Bonchev–Trinajstić information content (AvgIpc) is 2.66. The van der Waals surface area contributed by atoms with Gasteiger partial charge in [0.2, 0.25) is 11.8 Å². The van der Waals surface area contributed by atoms with Crippen molar-refractivity contribution in [2.75, 3.05) is 6.61 Å². The van der Waals surface area contributed by atoms with Gasteiger partial charge in [0.05, 0.1) is 19.0 Å². The van der Waals surface area contributed by atoms with E-state index in [1.54, 1.807) is 13.0 Å². The molecule has 2 N–H and O–H groups in total. The molecular weight excluding hydrogens is 352 g/mol. The van der Waals surface area contributed by atoms with Gasteiger partial charge >= 0.3 is 5.97 Å². The molecule has 0 aliphatic carbocycles. The summed E-state index contributed by atoms with van der Waals surface area (Å²) < 4.78 is 16.3. The lowest BCUT2D eigenvalue weighted by Gasteiger charge is -2.12. The van der Waals surface area contributed by atoms with E-state index in [4.69, 9.17) is 14.2 Å².